The summed E-state index contributed by atoms with van der Waals surface area (Å²) in [5, 5.41) is 0. The van der Waals surface area contributed by atoms with E-state index in [-0.39, 0.29) is 5.91 Å². The summed E-state index contributed by atoms with van der Waals surface area (Å²) in [6.45, 7) is 1.72. The lowest BCUT2D eigenvalue weighted by Gasteiger charge is -2.17. The van der Waals surface area contributed by atoms with Gasteiger partial charge in [-0.25, -0.2) is 0 Å². The molecule has 14 heavy (non-hydrogen) atoms. The van der Waals surface area contributed by atoms with Crippen LogP contribution in [-0.4, -0.2) is 36.0 Å². The molecule has 4 nitrogen and oxygen atoms in total. The van der Waals surface area contributed by atoms with Crippen LogP contribution in [0.4, 0.5) is 0 Å². The lowest BCUT2D eigenvalue weighted by atomic mass is 10.3. The highest BCUT2D eigenvalue weighted by Gasteiger charge is 2.15. The van der Waals surface area contributed by atoms with Crippen LogP contribution < -0.4 is 4.74 Å². The Morgan fingerprint density at radius 1 is 1.57 bits per heavy atom. The van der Waals surface area contributed by atoms with E-state index in [0.717, 1.165) is 0 Å². The molecule has 0 aliphatic heterocycles. The van der Waals surface area contributed by atoms with Crippen molar-refractivity contribution in [2.24, 2.45) is 0 Å². The van der Waals surface area contributed by atoms with Gasteiger partial charge in [-0.2, -0.15) is 0 Å². The summed E-state index contributed by atoms with van der Waals surface area (Å²) in [6, 6.07) is 3.54. The van der Waals surface area contributed by atoms with E-state index in [9.17, 15) is 4.79 Å². The summed E-state index contributed by atoms with van der Waals surface area (Å²) in [5.41, 5.74) is 0. The molecule has 0 fully saturated rings. The smallest absolute Gasteiger partial charge is 0.262 e. The van der Waals surface area contributed by atoms with Gasteiger partial charge >= 0.3 is 0 Å². The van der Waals surface area contributed by atoms with Gasteiger partial charge in [-0.05, 0) is 19.1 Å². The number of hydrogen-bond donors (Lipinski definition) is 0. The molecule has 1 atom stereocenters. The van der Waals surface area contributed by atoms with Crippen LogP contribution in [-0.2, 0) is 4.79 Å². The van der Waals surface area contributed by atoms with Crippen LogP contribution >= 0.6 is 0 Å². The number of aromatic nitrogens is 1. The Hall–Kier alpha value is -1.58. The molecule has 0 N–H and O–H groups in total. The zero-order valence-corrected chi connectivity index (χ0v) is 8.60. The number of carbonyl (C=O) groups is 1. The van der Waals surface area contributed by atoms with Gasteiger partial charge in [-0.15, -0.1) is 0 Å². The van der Waals surface area contributed by atoms with Crippen LogP contribution in [0.1, 0.15) is 6.92 Å². The Labute approximate surface area is 83.5 Å². The van der Waals surface area contributed by atoms with Crippen LogP contribution in [0.5, 0.6) is 5.75 Å². The van der Waals surface area contributed by atoms with Gasteiger partial charge in [-0.3, -0.25) is 9.78 Å². The fraction of sp³-hybridized carbons (Fsp3) is 0.400. The largest absolute Gasteiger partial charge is 0.479 e. The summed E-state index contributed by atoms with van der Waals surface area (Å²) < 4.78 is 5.38. The highest BCUT2D eigenvalue weighted by Crippen LogP contribution is 2.09. The topological polar surface area (TPSA) is 42.4 Å². The SMILES string of the molecule is CC(Oc1cccnc1)C(=O)N(C)C. The van der Waals surface area contributed by atoms with E-state index in [4.69, 9.17) is 4.74 Å². The highest BCUT2D eigenvalue weighted by atomic mass is 16.5. The Morgan fingerprint density at radius 3 is 2.79 bits per heavy atom. The number of hydrogen-bond acceptors (Lipinski definition) is 3. The third kappa shape index (κ3) is 2.73. The molecule has 1 aromatic heterocycles. The van der Waals surface area contributed by atoms with Crippen molar-refractivity contribution in [3.63, 3.8) is 0 Å². The first kappa shape index (κ1) is 10.5. The third-order valence-electron chi connectivity index (χ3n) is 1.74. The molecule has 0 aromatic carbocycles. The first-order chi connectivity index (χ1) is 6.61. The van der Waals surface area contributed by atoms with Crippen molar-refractivity contribution < 1.29 is 9.53 Å². The van der Waals surface area contributed by atoms with Gasteiger partial charge in [0.2, 0.25) is 0 Å². The van der Waals surface area contributed by atoms with Gasteiger partial charge in [0, 0.05) is 20.3 Å². The second-order valence-electron chi connectivity index (χ2n) is 3.18. The second-order valence-corrected chi connectivity index (χ2v) is 3.18. The third-order valence-corrected chi connectivity index (χ3v) is 1.74. The van der Waals surface area contributed by atoms with Crippen molar-refractivity contribution in [2.75, 3.05) is 14.1 Å². The fourth-order valence-electron chi connectivity index (χ4n) is 1.03. The molecule has 0 aliphatic carbocycles. The molecule has 1 amide bonds. The molecule has 0 saturated heterocycles. The molecule has 1 heterocycles. The molecule has 4 heteroatoms. The average Bonchev–Trinajstić information content (AvgIpc) is 2.18. The lowest BCUT2D eigenvalue weighted by molar-refractivity contribution is -0.135. The first-order valence-electron chi connectivity index (χ1n) is 4.39. The number of nitrogens with zero attached hydrogens (tertiary/aromatic N) is 2. The van der Waals surface area contributed by atoms with Crippen molar-refractivity contribution in [2.45, 2.75) is 13.0 Å². The Kier molecular flexibility index (Phi) is 3.45. The zero-order valence-electron chi connectivity index (χ0n) is 8.60. The quantitative estimate of drug-likeness (QED) is 0.719. The summed E-state index contributed by atoms with van der Waals surface area (Å²) in [6.07, 6.45) is 2.76. The molecule has 1 rings (SSSR count). The van der Waals surface area contributed by atoms with E-state index in [2.05, 4.69) is 4.98 Å². The van der Waals surface area contributed by atoms with Gasteiger partial charge in [0.25, 0.3) is 5.91 Å². The maximum absolute atomic E-state index is 11.4. The predicted octanol–water partition coefficient (Wildman–Crippen LogP) is 0.937. The minimum atomic E-state index is -0.478. The van der Waals surface area contributed by atoms with Crippen LogP contribution in [0, 0.1) is 0 Å². The number of pyridine rings is 1. The number of carbonyl (C=O) groups excluding carboxylic acids is 1. The van der Waals surface area contributed by atoms with Crippen molar-refractivity contribution in [3.8, 4) is 5.75 Å². The molecule has 0 bridgehead atoms. The van der Waals surface area contributed by atoms with Gasteiger partial charge in [0.15, 0.2) is 6.10 Å². The summed E-state index contributed by atoms with van der Waals surface area (Å²) in [4.78, 5) is 16.8. The molecular weight excluding hydrogens is 180 g/mol. The van der Waals surface area contributed by atoms with Crippen LogP contribution in [0.15, 0.2) is 24.5 Å². The molecule has 1 aromatic rings. The van der Waals surface area contributed by atoms with E-state index in [1.54, 1.807) is 45.5 Å². The average molecular weight is 194 g/mol. The monoisotopic (exact) mass is 194 g/mol. The number of ether oxygens (including phenoxy) is 1. The molecule has 0 radical (unpaired) electrons. The first-order valence-corrected chi connectivity index (χ1v) is 4.39. The van der Waals surface area contributed by atoms with Gasteiger partial charge < -0.3 is 9.64 Å². The lowest BCUT2D eigenvalue weighted by Crippen LogP contribution is -2.35. The van der Waals surface area contributed by atoms with Crippen molar-refractivity contribution in [3.05, 3.63) is 24.5 Å². The highest BCUT2D eigenvalue weighted by molar-refractivity contribution is 5.80. The Morgan fingerprint density at radius 2 is 2.29 bits per heavy atom. The van der Waals surface area contributed by atoms with Crippen LogP contribution in [0.2, 0.25) is 0 Å². The minimum absolute atomic E-state index is 0.0612. The summed E-state index contributed by atoms with van der Waals surface area (Å²) in [5.74, 6) is 0.545. The minimum Gasteiger partial charge on any atom is -0.479 e. The fourth-order valence-corrected chi connectivity index (χ4v) is 1.03. The van der Waals surface area contributed by atoms with E-state index in [0.29, 0.717) is 5.75 Å². The Bertz CT molecular complexity index is 298. The number of likely N-dealkylation sites (N-methyl/N-ethyl adjacent to an activating group) is 1. The number of amides is 1. The van der Waals surface area contributed by atoms with Crippen molar-refractivity contribution in [1.82, 2.24) is 9.88 Å². The normalized spacial score (nSPS) is 11.9. The molecule has 0 saturated carbocycles. The van der Waals surface area contributed by atoms with Crippen LogP contribution in [0.25, 0.3) is 0 Å². The van der Waals surface area contributed by atoms with Gasteiger partial charge in [0.1, 0.15) is 5.75 Å². The van der Waals surface area contributed by atoms with E-state index in [1.165, 1.54) is 4.90 Å². The van der Waals surface area contributed by atoms with E-state index >= 15 is 0 Å². The molecular formula is C10H14N2O2. The van der Waals surface area contributed by atoms with Gasteiger partial charge in [-0.1, -0.05) is 0 Å². The molecule has 0 aliphatic rings. The van der Waals surface area contributed by atoms with Crippen molar-refractivity contribution >= 4 is 5.91 Å². The van der Waals surface area contributed by atoms with Gasteiger partial charge in [0.05, 0.1) is 6.20 Å². The zero-order chi connectivity index (χ0) is 10.6. The van der Waals surface area contributed by atoms with E-state index in [1.807, 2.05) is 0 Å². The van der Waals surface area contributed by atoms with E-state index < -0.39 is 6.10 Å². The van der Waals surface area contributed by atoms with Crippen molar-refractivity contribution in [1.29, 1.82) is 0 Å². The van der Waals surface area contributed by atoms with Crippen LogP contribution in [0.3, 0.4) is 0 Å². The maximum atomic E-state index is 11.4. The second kappa shape index (κ2) is 4.60. The molecule has 1 unspecified atom stereocenters. The predicted molar refractivity (Wildman–Crippen MR) is 53.0 cm³/mol. The number of rotatable bonds is 3. The summed E-state index contributed by atoms with van der Waals surface area (Å²) >= 11 is 0. The molecule has 76 valence electrons. The molecule has 0 spiro atoms. The standard InChI is InChI=1S/C10H14N2O2/c1-8(10(13)12(2)3)14-9-5-4-6-11-7-9/h4-8H,1-3H3. The summed E-state index contributed by atoms with van der Waals surface area (Å²) in [7, 11) is 3.40. The Balaban J connectivity index is 2.57. The maximum Gasteiger partial charge on any atom is 0.262 e.